The van der Waals surface area contributed by atoms with Gasteiger partial charge in [0.05, 0.1) is 5.41 Å². The number of nitrogens with one attached hydrogen (secondary N) is 3. The smallest absolute Gasteiger partial charge is 0.319 e. The van der Waals surface area contributed by atoms with Gasteiger partial charge in [0.2, 0.25) is 5.91 Å². The lowest BCUT2D eigenvalue weighted by molar-refractivity contribution is -0.146. The molecule has 2 saturated heterocycles. The predicted octanol–water partition coefficient (Wildman–Crippen LogP) is 3.14. The summed E-state index contributed by atoms with van der Waals surface area (Å²) in [6.45, 7) is 3.16. The van der Waals surface area contributed by atoms with Gasteiger partial charge in [-0.3, -0.25) is 4.79 Å². The first-order valence-corrected chi connectivity index (χ1v) is 10.4. The lowest BCUT2D eigenvalue weighted by Crippen LogP contribution is -2.54. The highest BCUT2D eigenvalue weighted by molar-refractivity contribution is 5.89. The van der Waals surface area contributed by atoms with E-state index in [1.165, 1.54) is 30.7 Å². The minimum atomic E-state index is -0.333. The van der Waals surface area contributed by atoms with E-state index in [-0.39, 0.29) is 35.7 Å². The van der Waals surface area contributed by atoms with Gasteiger partial charge in [-0.25, -0.2) is 9.18 Å². The van der Waals surface area contributed by atoms with Crippen molar-refractivity contribution in [1.29, 1.82) is 0 Å². The van der Waals surface area contributed by atoms with Crippen molar-refractivity contribution >= 4 is 30.0 Å². The van der Waals surface area contributed by atoms with E-state index in [0.717, 1.165) is 45.2 Å². The predicted molar refractivity (Wildman–Crippen MR) is 113 cm³/mol. The fourth-order valence-corrected chi connectivity index (χ4v) is 5.10. The van der Waals surface area contributed by atoms with Crippen molar-refractivity contribution < 1.29 is 14.0 Å². The quantitative estimate of drug-likeness (QED) is 0.697. The number of hydrogen-bond acceptors (Lipinski definition) is 3. The Labute approximate surface area is 177 Å². The molecule has 1 aliphatic carbocycles. The number of urea groups is 1. The first kappa shape index (κ1) is 21.8. The topological polar surface area (TPSA) is 73.5 Å². The number of nitrogens with zero attached hydrogens (tertiary/aromatic N) is 1. The number of piperidine rings is 1. The number of rotatable bonds is 3. The van der Waals surface area contributed by atoms with Crippen LogP contribution in [0, 0.1) is 17.2 Å². The van der Waals surface area contributed by atoms with Gasteiger partial charge in [-0.15, -0.1) is 12.4 Å². The summed E-state index contributed by atoms with van der Waals surface area (Å²) >= 11 is 0. The van der Waals surface area contributed by atoms with E-state index in [2.05, 4.69) is 16.0 Å². The van der Waals surface area contributed by atoms with Gasteiger partial charge in [-0.05, 0) is 62.4 Å². The zero-order valence-electron chi connectivity index (χ0n) is 16.6. The monoisotopic (exact) mass is 424 g/mol. The number of carbonyl (C=O) groups is 2. The van der Waals surface area contributed by atoms with Crippen molar-refractivity contribution in [3.05, 3.63) is 30.1 Å². The molecule has 1 aromatic rings. The summed E-state index contributed by atoms with van der Waals surface area (Å²) in [5, 5.41) is 9.15. The minimum Gasteiger partial charge on any atom is -0.342 e. The minimum absolute atomic E-state index is 0. The highest BCUT2D eigenvalue weighted by Crippen LogP contribution is 2.45. The molecule has 1 saturated carbocycles. The van der Waals surface area contributed by atoms with Crippen LogP contribution in [0.4, 0.5) is 14.9 Å². The maximum Gasteiger partial charge on any atom is 0.319 e. The summed E-state index contributed by atoms with van der Waals surface area (Å²) in [4.78, 5) is 27.5. The van der Waals surface area contributed by atoms with Crippen LogP contribution in [0.3, 0.4) is 0 Å². The average molecular weight is 425 g/mol. The molecule has 3 aliphatic rings. The molecule has 0 aromatic heterocycles. The first-order valence-electron chi connectivity index (χ1n) is 10.4. The number of carbonyl (C=O) groups excluding carboxylic acids is 2. The number of hydrogen-bond donors (Lipinski definition) is 3. The van der Waals surface area contributed by atoms with Crippen LogP contribution in [0.25, 0.3) is 0 Å². The number of benzene rings is 1. The molecule has 8 heteroatoms. The summed E-state index contributed by atoms with van der Waals surface area (Å²) < 4.78 is 12.9. The molecule has 0 bridgehead atoms. The molecule has 3 amide bonds. The van der Waals surface area contributed by atoms with Gasteiger partial charge in [0.25, 0.3) is 0 Å². The van der Waals surface area contributed by atoms with Crippen LogP contribution >= 0.6 is 12.4 Å². The lowest BCUT2D eigenvalue weighted by atomic mass is 9.67. The van der Waals surface area contributed by atoms with Crippen LogP contribution in [0.1, 0.15) is 38.5 Å². The maximum atomic E-state index is 13.3. The SMILES string of the molecule is Cl.O=C(Nc1ccc(F)cc1)NC1CCN(C(=O)[C@@]23CCCC[C@H]2CNC3)CC1. The summed E-state index contributed by atoms with van der Waals surface area (Å²) in [5.74, 6) is 0.461. The van der Waals surface area contributed by atoms with E-state index in [4.69, 9.17) is 0 Å². The molecule has 4 rings (SSSR count). The number of likely N-dealkylation sites (tertiary alicyclic amines) is 1. The largest absolute Gasteiger partial charge is 0.342 e. The highest BCUT2D eigenvalue weighted by Gasteiger charge is 2.51. The third-order valence-electron chi connectivity index (χ3n) is 6.68. The van der Waals surface area contributed by atoms with Crippen LogP contribution in [0.5, 0.6) is 0 Å². The molecule has 2 aliphatic heterocycles. The fraction of sp³-hybridized carbons (Fsp3) is 0.619. The molecule has 2 atom stereocenters. The van der Waals surface area contributed by atoms with Gasteiger partial charge < -0.3 is 20.9 Å². The Bertz CT molecular complexity index is 724. The van der Waals surface area contributed by atoms with Crippen molar-refractivity contribution in [2.75, 3.05) is 31.5 Å². The van der Waals surface area contributed by atoms with Gasteiger partial charge in [-0.1, -0.05) is 12.8 Å². The Hall–Kier alpha value is -1.86. The van der Waals surface area contributed by atoms with Crippen molar-refractivity contribution in [2.24, 2.45) is 11.3 Å². The van der Waals surface area contributed by atoms with Crippen LogP contribution in [-0.2, 0) is 4.79 Å². The van der Waals surface area contributed by atoms with Crippen molar-refractivity contribution in [3.8, 4) is 0 Å². The second-order valence-corrected chi connectivity index (χ2v) is 8.40. The molecular weight excluding hydrogens is 395 g/mol. The van der Waals surface area contributed by atoms with E-state index in [1.54, 1.807) is 0 Å². The molecule has 0 radical (unpaired) electrons. The molecule has 0 spiro atoms. The number of amides is 3. The zero-order chi connectivity index (χ0) is 19.6. The highest BCUT2D eigenvalue weighted by atomic mass is 35.5. The molecule has 1 aromatic carbocycles. The van der Waals surface area contributed by atoms with E-state index in [0.29, 0.717) is 30.6 Å². The summed E-state index contributed by atoms with van der Waals surface area (Å²) in [7, 11) is 0. The van der Waals surface area contributed by atoms with Crippen molar-refractivity contribution in [1.82, 2.24) is 15.5 Å². The van der Waals surface area contributed by atoms with Crippen LogP contribution < -0.4 is 16.0 Å². The Balaban J connectivity index is 0.00000240. The van der Waals surface area contributed by atoms with Crippen LogP contribution in [0.15, 0.2) is 24.3 Å². The first-order chi connectivity index (χ1) is 13.6. The molecule has 6 nitrogen and oxygen atoms in total. The fourth-order valence-electron chi connectivity index (χ4n) is 5.10. The molecule has 0 unspecified atom stereocenters. The Kier molecular flexibility index (Phi) is 7.01. The number of fused-ring (bicyclic) bond motifs is 1. The van der Waals surface area contributed by atoms with Crippen LogP contribution in [-0.4, -0.2) is 49.1 Å². The molecule has 160 valence electrons. The van der Waals surface area contributed by atoms with E-state index in [1.807, 2.05) is 4.90 Å². The Morgan fingerprint density at radius 2 is 1.83 bits per heavy atom. The van der Waals surface area contributed by atoms with E-state index >= 15 is 0 Å². The number of anilines is 1. The molecular formula is C21H30ClFN4O2. The van der Waals surface area contributed by atoms with Gasteiger partial charge in [0.15, 0.2) is 0 Å². The third-order valence-corrected chi connectivity index (χ3v) is 6.68. The van der Waals surface area contributed by atoms with Gasteiger partial charge in [0, 0.05) is 31.4 Å². The summed E-state index contributed by atoms with van der Waals surface area (Å²) in [6, 6.07) is 5.45. The molecule has 3 fully saturated rings. The van der Waals surface area contributed by atoms with Crippen molar-refractivity contribution in [3.63, 3.8) is 0 Å². The Morgan fingerprint density at radius 1 is 1.10 bits per heavy atom. The lowest BCUT2D eigenvalue weighted by Gasteiger charge is -2.43. The third kappa shape index (κ3) is 4.67. The van der Waals surface area contributed by atoms with Gasteiger partial charge >= 0.3 is 6.03 Å². The summed E-state index contributed by atoms with van der Waals surface area (Å²) in [5.41, 5.74) is 0.362. The molecule has 29 heavy (non-hydrogen) atoms. The van der Waals surface area contributed by atoms with Gasteiger partial charge in [-0.2, -0.15) is 0 Å². The normalized spacial score (nSPS) is 26.9. The number of halogens is 2. The second-order valence-electron chi connectivity index (χ2n) is 8.40. The Morgan fingerprint density at radius 3 is 2.55 bits per heavy atom. The second kappa shape index (κ2) is 9.30. The maximum absolute atomic E-state index is 13.3. The van der Waals surface area contributed by atoms with Crippen molar-refractivity contribution in [2.45, 2.75) is 44.6 Å². The average Bonchev–Trinajstić information content (AvgIpc) is 3.15. The van der Waals surface area contributed by atoms with E-state index < -0.39 is 0 Å². The van der Waals surface area contributed by atoms with Gasteiger partial charge in [0.1, 0.15) is 5.82 Å². The van der Waals surface area contributed by atoms with E-state index in [9.17, 15) is 14.0 Å². The molecule has 2 heterocycles. The zero-order valence-corrected chi connectivity index (χ0v) is 17.4. The summed E-state index contributed by atoms with van der Waals surface area (Å²) in [6.07, 6.45) is 6.05. The molecule has 3 N–H and O–H groups in total. The van der Waals surface area contributed by atoms with Crippen LogP contribution in [0.2, 0.25) is 0 Å². The standard InChI is InChI=1S/C21H29FN4O2.ClH/c22-16-4-6-17(7-5-16)24-20(28)25-18-8-11-26(12-9-18)19(27)21-10-2-1-3-15(21)13-23-14-21;/h4-7,15,18,23H,1-3,8-14H2,(H2,24,25,28);1H/t15-,21+;/m0./s1.